The molecule has 5 nitrogen and oxygen atoms in total. The third-order valence-corrected chi connectivity index (χ3v) is 3.53. The highest BCUT2D eigenvalue weighted by molar-refractivity contribution is 5.92. The predicted molar refractivity (Wildman–Crippen MR) is 82.0 cm³/mol. The van der Waals surface area contributed by atoms with E-state index in [0.29, 0.717) is 13.1 Å². The standard InChI is InChI=1S/C16H20N4O/c21-16(11-17-10-13-5-6-13)19-15-4-1-3-14(9-15)12-20-8-2-7-18-20/h1-4,7-9,13,17H,5-6,10-12H2,(H,19,21). The number of nitrogens with one attached hydrogen (secondary N) is 2. The van der Waals surface area contributed by atoms with Crippen LogP contribution in [0.5, 0.6) is 0 Å². The molecule has 5 heteroatoms. The minimum atomic E-state index is 0.00638. The van der Waals surface area contributed by atoms with Crippen LogP contribution in [0.3, 0.4) is 0 Å². The molecule has 0 radical (unpaired) electrons. The van der Waals surface area contributed by atoms with Gasteiger partial charge in [-0.25, -0.2) is 0 Å². The van der Waals surface area contributed by atoms with Crippen molar-refractivity contribution in [3.05, 3.63) is 48.3 Å². The van der Waals surface area contributed by atoms with Crippen LogP contribution in [-0.4, -0.2) is 28.8 Å². The quantitative estimate of drug-likeness (QED) is 0.816. The summed E-state index contributed by atoms with van der Waals surface area (Å²) in [5, 5.41) is 10.3. The van der Waals surface area contributed by atoms with Gasteiger partial charge in [0.2, 0.25) is 5.91 Å². The molecule has 1 fully saturated rings. The zero-order valence-corrected chi connectivity index (χ0v) is 12.0. The topological polar surface area (TPSA) is 59.0 Å². The van der Waals surface area contributed by atoms with Crippen molar-refractivity contribution < 1.29 is 4.79 Å². The van der Waals surface area contributed by atoms with E-state index in [4.69, 9.17) is 0 Å². The Morgan fingerprint density at radius 3 is 3.00 bits per heavy atom. The van der Waals surface area contributed by atoms with E-state index in [-0.39, 0.29) is 5.91 Å². The fourth-order valence-electron chi connectivity index (χ4n) is 2.25. The summed E-state index contributed by atoms with van der Waals surface area (Å²) in [5.74, 6) is 0.794. The first-order chi connectivity index (χ1) is 10.3. The first kappa shape index (κ1) is 13.8. The van der Waals surface area contributed by atoms with E-state index in [1.54, 1.807) is 6.20 Å². The van der Waals surface area contributed by atoms with Gasteiger partial charge in [-0.2, -0.15) is 5.10 Å². The maximum atomic E-state index is 11.9. The van der Waals surface area contributed by atoms with Crippen molar-refractivity contribution in [2.24, 2.45) is 5.92 Å². The monoisotopic (exact) mass is 284 g/mol. The summed E-state index contributed by atoms with van der Waals surface area (Å²) in [7, 11) is 0. The molecule has 21 heavy (non-hydrogen) atoms. The van der Waals surface area contributed by atoms with Crippen LogP contribution < -0.4 is 10.6 Å². The molecule has 2 N–H and O–H groups in total. The molecule has 110 valence electrons. The van der Waals surface area contributed by atoms with Crippen molar-refractivity contribution in [2.45, 2.75) is 19.4 Å². The first-order valence-electron chi connectivity index (χ1n) is 7.36. The summed E-state index contributed by atoms with van der Waals surface area (Å²) < 4.78 is 1.86. The predicted octanol–water partition coefficient (Wildman–Crippen LogP) is 1.87. The van der Waals surface area contributed by atoms with Gasteiger partial charge in [-0.3, -0.25) is 9.48 Å². The molecule has 0 aliphatic heterocycles. The molecule has 0 bridgehead atoms. The Balaban J connectivity index is 1.51. The SMILES string of the molecule is O=C(CNCC1CC1)Nc1cccc(Cn2cccn2)c1. The summed E-state index contributed by atoms with van der Waals surface area (Å²) >= 11 is 0. The second kappa shape index (κ2) is 6.54. The molecule has 1 aromatic heterocycles. The first-order valence-corrected chi connectivity index (χ1v) is 7.36. The highest BCUT2D eigenvalue weighted by Crippen LogP contribution is 2.27. The van der Waals surface area contributed by atoms with E-state index in [0.717, 1.165) is 23.7 Å². The Labute approximate surface area is 124 Å². The number of nitrogens with zero attached hydrogens (tertiary/aromatic N) is 2. The average molecular weight is 284 g/mol. The molecule has 1 aromatic carbocycles. The Bertz CT molecular complexity index is 590. The zero-order valence-electron chi connectivity index (χ0n) is 12.0. The van der Waals surface area contributed by atoms with E-state index in [9.17, 15) is 4.79 Å². The number of carbonyl (C=O) groups excluding carboxylic acids is 1. The van der Waals surface area contributed by atoms with Crippen LogP contribution in [0.25, 0.3) is 0 Å². The zero-order chi connectivity index (χ0) is 14.5. The Morgan fingerprint density at radius 1 is 1.33 bits per heavy atom. The van der Waals surface area contributed by atoms with E-state index < -0.39 is 0 Å². The Hall–Kier alpha value is -2.14. The maximum Gasteiger partial charge on any atom is 0.238 e. The van der Waals surface area contributed by atoms with E-state index in [1.165, 1.54) is 12.8 Å². The molecular formula is C16H20N4O. The van der Waals surface area contributed by atoms with E-state index in [1.807, 2.05) is 41.2 Å². The van der Waals surface area contributed by atoms with Crippen molar-refractivity contribution >= 4 is 11.6 Å². The summed E-state index contributed by atoms with van der Waals surface area (Å²) in [5.41, 5.74) is 1.94. The third-order valence-electron chi connectivity index (χ3n) is 3.53. The van der Waals surface area contributed by atoms with Crippen molar-refractivity contribution in [1.29, 1.82) is 0 Å². The van der Waals surface area contributed by atoms with Gasteiger partial charge in [0.1, 0.15) is 0 Å². The van der Waals surface area contributed by atoms with Crippen molar-refractivity contribution in [2.75, 3.05) is 18.4 Å². The second-order valence-electron chi connectivity index (χ2n) is 5.53. The van der Waals surface area contributed by atoms with E-state index in [2.05, 4.69) is 15.7 Å². The lowest BCUT2D eigenvalue weighted by atomic mass is 10.2. The Morgan fingerprint density at radius 2 is 2.24 bits per heavy atom. The van der Waals surface area contributed by atoms with Gasteiger partial charge in [0.25, 0.3) is 0 Å². The van der Waals surface area contributed by atoms with E-state index >= 15 is 0 Å². The molecule has 0 saturated heterocycles. The van der Waals surface area contributed by atoms with Crippen LogP contribution in [-0.2, 0) is 11.3 Å². The molecule has 1 aliphatic carbocycles. The molecule has 1 aliphatic rings. The lowest BCUT2D eigenvalue weighted by molar-refractivity contribution is -0.115. The lowest BCUT2D eigenvalue weighted by Gasteiger charge is -2.08. The summed E-state index contributed by atoms with van der Waals surface area (Å²) in [4.78, 5) is 11.9. The molecule has 0 atom stereocenters. The van der Waals surface area contributed by atoms with Gasteiger partial charge < -0.3 is 10.6 Å². The van der Waals surface area contributed by atoms with Crippen LogP contribution in [0.1, 0.15) is 18.4 Å². The average Bonchev–Trinajstić information content (AvgIpc) is 3.14. The van der Waals surface area contributed by atoms with Crippen molar-refractivity contribution in [1.82, 2.24) is 15.1 Å². The smallest absolute Gasteiger partial charge is 0.238 e. The largest absolute Gasteiger partial charge is 0.325 e. The number of benzene rings is 1. The van der Waals surface area contributed by atoms with Crippen molar-refractivity contribution in [3.63, 3.8) is 0 Å². The molecule has 1 amide bonds. The number of rotatable bonds is 7. The van der Waals surface area contributed by atoms with Gasteiger partial charge in [-0.05, 0) is 49.1 Å². The number of amides is 1. The van der Waals surface area contributed by atoms with Gasteiger partial charge in [-0.1, -0.05) is 12.1 Å². The molecular weight excluding hydrogens is 264 g/mol. The van der Waals surface area contributed by atoms with Crippen LogP contribution >= 0.6 is 0 Å². The van der Waals surface area contributed by atoms with Crippen LogP contribution in [0.15, 0.2) is 42.7 Å². The molecule has 2 aromatic rings. The highest BCUT2D eigenvalue weighted by Gasteiger charge is 2.20. The number of anilines is 1. The normalized spacial score (nSPS) is 14.1. The van der Waals surface area contributed by atoms with Gasteiger partial charge in [0.15, 0.2) is 0 Å². The maximum absolute atomic E-state index is 11.9. The summed E-state index contributed by atoms with van der Waals surface area (Å²) in [6.45, 7) is 2.03. The lowest BCUT2D eigenvalue weighted by Crippen LogP contribution is -2.29. The minimum Gasteiger partial charge on any atom is -0.325 e. The number of hydrogen-bond acceptors (Lipinski definition) is 3. The molecule has 0 spiro atoms. The number of aromatic nitrogens is 2. The fourth-order valence-corrected chi connectivity index (χ4v) is 2.25. The van der Waals surface area contributed by atoms with Gasteiger partial charge in [-0.15, -0.1) is 0 Å². The number of carbonyl (C=O) groups is 1. The molecule has 1 saturated carbocycles. The van der Waals surface area contributed by atoms with Gasteiger partial charge in [0.05, 0.1) is 13.1 Å². The molecule has 3 rings (SSSR count). The summed E-state index contributed by atoms with van der Waals surface area (Å²) in [6, 6.07) is 9.78. The Kier molecular flexibility index (Phi) is 4.31. The van der Waals surface area contributed by atoms with Crippen LogP contribution in [0.2, 0.25) is 0 Å². The van der Waals surface area contributed by atoms with Crippen LogP contribution in [0.4, 0.5) is 5.69 Å². The van der Waals surface area contributed by atoms with Gasteiger partial charge in [0, 0.05) is 18.1 Å². The molecule has 0 unspecified atom stereocenters. The fraction of sp³-hybridized carbons (Fsp3) is 0.375. The highest BCUT2D eigenvalue weighted by atomic mass is 16.1. The summed E-state index contributed by atoms with van der Waals surface area (Å²) in [6.07, 6.45) is 6.28. The minimum absolute atomic E-state index is 0.00638. The third kappa shape index (κ3) is 4.43. The van der Waals surface area contributed by atoms with Crippen molar-refractivity contribution in [3.8, 4) is 0 Å². The van der Waals surface area contributed by atoms with Gasteiger partial charge >= 0.3 is 0 Å². The molecule has 1 heterocycles. The van der Waals surface area contributed by atoms with Crippen LogP contribution in [0, 0.1) is 5.92 Å². The second-order valence-corrected chi connectivity index (χ2v) is 5.53. The number of hydrogen-bond donors (Lipinski definition) is 2.